The van der Waals surface area contributed by atoms with Crippen LogP contribution in [0.2, 0.25) is 0 Å². The van der Waals surface area contributed by atoms with Gasteiger partial charge in [-0.3, -0.25) is 0 Å². The number of thiazole rings is 1. The first-order valence-electron chi connectivity index (χ1n) is 6.38. The van der Waals surface area contributed by atoms with Gasteiger partial charge < -0.3 is 5.32 Å². The van der Waals surface area contributed by atoms with E-state index in [1.807, 2.05) is 5.38 Å². The largest absolute Gasteiger partial charge is 0.308 e. The summed E-state index contributed by atoms with van der Waals surface area (Å²) in [6.07, 6.45) is 3.46. The number of hydrogen-bond acceptors (Lipinski definition) is 3. The Balaban J connectivity index is 1.87. The highest BCUT2D eigenvalue weighted by Crippen LogP contribution is 2.30. The van der Waals surface area contributed by atoms with Gasteiger partial charge in [0.15, 0.2) is 0 Å². The quantitative estimate of drug-likeness (QED) is 0.902. The molecule has 0 aliphatic carbocycles. The Kier molecular flexibility index (Phi) is 3.57. The molecule has 100 valence electrons. The first-order valence-corrected chi connectivity index (χ1v) is 7.26. The summed E-state index contributed by atoms with van der Waals surface area (Å²) in [5.74, 6) is -1.13. The number of benzene rings is 1. The Morgan fingerprint density at radius 2 is 2.16 bits per heavy atom. The first kappa shape index (κ1) is 12.7. The fourth-order valence-corrected chi connectivity index (χ4v) is 3.26. The molecule has 0 spiro atoms. The number of nitrogens with zero attached hydrogens (tertiary/aromatic N) is 1. The second-order valence-electron chi connectivity index (χ2n) is 4.70. The molecule has 2 aromatic rings. The molecule has 0 saturated carbocycles. The van der Waals surface area contributed by atoms with Crippen molar-refractivity contribution >= 4 is 11.3 Å². The van der Waals surface area contributed by atoms with Gasteiger partial charge in [-0.25, -0.2) is 13.8 Å². The second-order valence-corrected chi connectivity index (χ2v) is 5.59. The van der Waals surface area contributed by atoms with E-state index >= 15 is 0 Å². The van der Waals surface area contributed by atoms with Crippen molar-refractivity contribution in [3.8, 4) is 11.3 Å². The summed E-state index contributed by atoms with van der Waals surface area (Å²) in [7, 11) is 0. The van der Waals surface area contributed by atoms with E-state index in [9.17, 15) is 8.78 Å². The predicted molar refractivity (Wildman–Crippen MR) is 72.1 cm³/mol. The van der Waals surface area contributed by atoms with Crippen LogP contribution in [0, 0.1) is 11.6 Å². The average Bonchev–Trinajstić information content (AvgIpc) is 2.89. The molecule has 5 heteroatoms. The van der Waals surface area contributed by atoms with E-state index in [2.05, 4.69) is 10.3 Å². The van der Waals surface area contributed by atoms with Crippen LogP contribution in [0.1, 0.15) is 30.3 Å². The van der Waals surface area contributed by atoms with E-state index in [4.69, 9.17) is 0 Å². The Morgan fingerprint density at radius 1 is 1.26 bits per heavy atom. The van der Waals surface area contributed by atoms with E-state index < -0.39 is 11.6 Å². The molecular weight excluding hydrogens is 266 g/mol. The maximum atomic E-state index is 13.7. The zero-order valence-electron chi connectivity index (χ0n) is 10.3. The van der Waals surface area contributed by atoms with Crippen LogP contribution in [0.25, 0.3) is 11.3 Å². The molecule has 1 fully saturated rings. The molecule has 1 N–H and O–H groups in total. The number of nitrogens with one attached hydrogen (secondary N) is 1. The minimum Gasteiger partial charge on any atom is -0.308 e. The standard InChI is InChI=1S/C14H14F2N2S/c15-9-4-5-10(11(16)7-9)13-8-19-14(18-13)12-3-1-2-6-17-12/h4-5,7-8,12,17H,1-3,6H2. The van der Waals surface area contributed by atoms with Crippen molar-refractivity contribution in [2.24, 2.45) is 0 Å². The topological polar surface area (TPSA) is 24.9 Å². The lowest BCUT2D eigenvalue weighted by atomic mass is 10.1. The lowest BCUT2D eigenvalue weighted by Gasteiger charge is -2.21. The van der Waals surface area contributed by atoms with E-state index in [-0.39, 0.29) is 6.04 Å². The third-order valence-corrected chi connectivity index (χ3v) is 4.30. The third kappa shape index (κ3) is 2.67. The Hall–Kier alpha value is -1.33. The predicted octanol–water partition coefficient (Wildman–Crippen LogP) is 3.90. The fraction of sp³-hybridized carbons (Fsp3) is 0.357. The number of halogens is 2. The monoisotopic (exact) mass is 280 g/mol. The second kappa shape index (κ2) is 5.35. The van der Waals surface area contributed by atoms with Crippen LogP contribution in [-0.2, 0) is 0 Å². The highest BCUT2D eigenvalue weighted by atomic mass is 32.1. The van der Waals surface area contributed by atoms with Crippen LogP contribution in [0.3, 0.4) is 0 Å². The summed E-state index contributed by atoms with van der Waals surface area (Å²) < 4.78 is 26.6. The van der Waals surface area contributed by atoms with Crippen LogP contribution >= 0.6 is 11.3 Å². The summed E-state index contributed by atoms with van der Waals surface area (Å²) in [5.41, 5.74) is 0.949. The van der Waals surface area contributed by atoms with Crippen molar-refractivity contribution in [1.82, 2.24) is 10.3 Å². The van der Waals surface area contributed by atoms with Gasteiger partial charge in [0.2, 0.25) is 0 Å². The zero-order chi connectivity index (χ0) is 13.2. The van der Waals surface area contributed by atoms with Gasteiger partial charge >= 0.3 is 0 Å². The fourth-order valence-electron chi connectivity index (χ4n) is 2.33. The summed E-state index contributed by atoms with van der Waals surface area (Å²) in [6.45, 7) is 1.00. The van der Waals surface area contributed by atoms with E-state index in [1.54, 1.807) is 0 Å². The van der Waals surface area contributed by atoms with Crippen LogP contribution < -0.4 is 5.32 Å². The average molecular weight is 280 g/mol. The minimum atomic E-state index is -0.564. The maximum Gasteiger partial charge on any atom is 0.135 e. The number of aromatic nitrogens is 1. The molecule has 1 saturated heterocycles. The molecule has 0 bridgehead atoms. The molecule has 1 aliphatic rings. The molecule has 0 amide bonds. The molecule has 2 nitrogen and oxygen atoms in total. The molecule has 1 aliphatic heterocycles. The summed E-state index contributed by atoms with van der Waals surface area (Å²) >= 11 is 1.53. The molecule has 1 aromatic heterocycles. The van der Waals surface area contributed by atoms with Gasteiger partial charge in [-0.15, -0.1) is 11.3 Å². The van der Waals surface area contributed by atoms with E-state index in [0.717, 1.165) is 24.0 Å². The van der Waals surface area contributed by atoms with Gasteiger partial charge in [-0.05, 0) is 31.5 Å². The SMILES string of the molecule is Fc1ccc(-c2csc(C3CCCCN3)n2)c(F)c1. The third-order valence-electron chi connectivity index (χ3n) is 3.34. The van der Waals surface area contributed by atoms with Crippen molar-refractivity contribution in [3.05, 3.63) is 40.2 Å². The highest BCUT2D eigenvalue weighted by molar-refractivity contribution is 7.10. The smallest absolute Gasteiger partial charge is 0.135 e. The first-order chi connectivity index (χ1) is 9.24. The molecule has 1 unspecified atom stereocenters. The maximum absolute atomic E-state index is 13.7. The lowest BCUT2D eigenvalue weighted by molar-refractivity contribution is 0.411. The van der Waals surface area contributed by atoms with Gasteiger partial charge in [0, 0.05) is 17.0 Å². The van der Waals surface area contributed by atoms with Gasteiger partial charge in [0.25, 0.3) is 0 Å². The number of rotatable bonds is 2. The van der Waals surface area contributed by atoms with E-state index in [1.165, 1.54) is 36.3 Å². The molecule has 1 aromatic carbocycles. The van der Waals surface area contributed by atoms with Gasteiger partial charge in [-0.1, -0.05) is 6.42 Å². The van der Waals surface area contributed by atoms with Crippen LogP contribution in [0.4, 0.5) is 8.78 Å². The molecule has 3 rings (SSSR count). The molecule has 0 radical (unpaired) electrons. The number of piperidine rings is 1. The minimum absolute atomic E-state index is 0.274. The van der Waals surface area contributed by atoms with Crippen LogP contribution in [0.15, 0.2) is 23.6 Å². The molecule has 2 heterocycles. The Bertz CT molecular complexity index is 577. The normalized spacial score (nSPS) is 19.6. The molecule has 19 heavy (non-hydrogen) atoms. The van der Waals surface area contributed by atoms with E-state index in [0.29, 0.717) is 11.3 Å². The number of hydrogen-bond donors (Lipinski definition) is 1. The van der Waals surface area contributed by atoms with Gasteiger partial charge in [0.1, 0.15) is 16.6 Å². The Morgan fingerprint density at radius 3 is 2.89 bits per heavy atom. The van der Waals surface area contributed by atoms with Crippen molar-refractivity contribution < 1.29 is 8.78 Å². The zero-order valence-corrected chi connectivity index (χ0v) is 11.1. The Labute approximate surface area is 114 Å². The van der Waals surface area contributed by atoms with Crippen molar-refractivity contribution in [2.45, 2.75) is 25.3 Å². The molecule has 1 atom stereocenters. The van der Waals surface area contributed by atoms with Crippen molar-refractivity contribution in [1.29, 1.82) is 0 Å². The van der Waals surface area contributed by atoms with Crippen LogP contribution in [0.5, 0.6) is 0 Å². The lowest BCUT2D eigenvalue weighted by Crippen LogP contribution is -2.26. The molecular formula is C14H14F2N2S. The summed E-state index contributed by atoms with van der Waals surface area (Å²) in [6, 6.07) is 3.87. The highest BCUT2D eigenvalue weighted by Gasteiger charge is 2.19. The van der Waals surface area contributed by atoms with Gasteiger partial charge in [0.05, 0.1) is 11.7 Å². The summed E-state index contributed by atoms with van der Waals surface area (Å²) in [4.78, 5) is 4.49. The van der Waals surface area contributed by atoms with Crippen molar-refractivity contribution in [2.75, 3.05) is 6.54 Å². The summed E-state index contributed by atoms with van der Waals surface area (Å²) in [5, 5.41) is 6.24. The van der Waals surface area contributed by atoms with Crippen LogP contribution in [-0.4, -0.2) is 11.5 Å². The van der Waals surface area contributed by atoms with Crippen molar-refractivity contribution in [3.63, 3.8) is 0 Å². The van der Waals surface area contributed by atoms with Gasteiger partial charge in [-0.2, -0.15) is 0 Å².